The maximum absolute atomic E-state index is 13.8. The third-order valence-corrected chi connectivity index (χ3v) is 5.44. The average molecular weight is 380 g/mol. The molecular weight excluding hydrogens is 353 g/mol. The van der Waals surface area contributed by atoms with E-state index in [0.29, 0.717) is 16.4 Å². The summed E-state index contributed by atoms with van der Waals surface area (Å²) < 4.78 is 13.8. The van der Waals surface area contributed by atoms with Crippen LogP contribution in [-0.4, -0.2) is 41.1 Å². The third kappa shape index (κ3) is 6.06. The van der Waals surface area contributed by atoms with Gasteiger partial charge in [-0.25, -0.2) is 4.39 Å². The van der Waals surface area contributed by atoms with Gasteiger partial charge in [-0.05, 0) is 61.4 Å². The number of thiocarbonyl (C=S) groups is 1. The van der Waals surface area contributed by atoms with Gasteiger partial charge in [0, 0.05) is 23.7 Å². The fourth-order valence-corrected chi connectivity index (χ4v) is 3.51. The smallest absolute Gasteiger partial charge is 0.173 e. The zero-order chi connectivity index (χ0) is 18.2. The number of benzene rings is 1. The van der Waals surface area contributed by atoms with Crippen molar-refractivity contribution in [2.75, 3.05) is 31.5 Å². The van der Waals surface area contributed by atoms with Crippen LogP contribution in [-0.2, 0) is 6.54 Å². The Bertz CT molecular complexity index is 669. The second kappa shape index (κ2) is 9.85. The molecule has 1 aromatic carbocycles. The lowest BCUT2D eigenvalue weighted by atomic mass is 10.2. The maximum atomic E-state index is 13.8. The van der Waals surface area contributed by atoms with Gasteiger partial charge in [-0.3, -0.25) is 0 Å². The van der Waals surface area contributed by atoms with Crippen LogP contribution in [0.25, 0.3) is 0 Å². The minimum absolute atomic E-state index is 0.222. The highest BCUT2D eigenvalue weighted by Crippen LogP contribution is 2.16. The van der Waals surface area contributed by atoms with Gasteiger partial charge in [-0.2, -0.15) is 0 Å². The van der Waals surface area contributed by atoms with Crippen LogP contribution in [0.5, 0.6) is 0 Å². The van der Waals surface area contributed by atoms with Crippen LogP contribution in [0, 0.1) is 12.7 Å². The lowest BCUT2D eigenvalue weighted by Gasteiger charge is -2.28. The summed E-state index contributed by atoms with van der Waals surface area (Å²) >= 11 is 7.33. The van der Waals surface area contributed by atoms with E-state index in [0.717, 1.165) is 32.7 Å². The number of hydrogen-bond acceptors (Lipinski definition) is 3. The Morgan fingerprint density at radius 3 is 2.56 bits per heavy atom. The van der Waals surface area contributed by atoms with E-state index in [4.69, 9.17) is 12.2 Å². The van der Waals surface area contributed by atoms with Crippen molar-refractivity contribution in [3.8, 4) is 0 Å². The van der Waals surface area contributed by atoms with E-state index >= 15 is 0 Å². The number of rotatable bonds is 8. The summed E-state index contributed by atoms with van der Waals surface area (Å²) in [5, 5.41) is 5.89. The van der Waals surface area contributed by atoms with Gasteiger partial charge in [0.15, 0.2) is 5.11 Å². The predicted octanol–water partition coefficient (Wildman–Crippen LogP) is 4.74. The second-order valence-corrected chi connectivity index (χ2v) is 7.34. The lowest BCUT2D eigenvalue weighted by Crippen LogP contribution is -2.40. The molecule has 2 rings (SSSR count). The summed E-state index contributed by atoms with van der Waals surface area (Å²) in [5.41, 5.74) is 1.32. The predicted molar refractivity (Wildman–Crippen MR) is 110 cm³/mol. The molecule has 0 spiro atoms. The number of nitrogens with one attached hydrogen (secondary N) is 1. The number of likely N-dealkylation sites (N-methyl/N-ethyl adjacent to an activating group) is 1. The Morgan fingerprint density at radius 1 is 1.20 bits per heavy atom. The molecule has 0 saturated heterocycles. The van der Waals surface area contributed by atoms with E-state index in [-0.39, 0.29) is 5.82 Å². The van der Waals surface area contributed by atoms with Gasteiger partial charge in [-0.15, -0.1) is 11.3 Å². The van der Waals surface area contributed by atoms with Crippen LogP contribution in [0.4, 0.5) is 10.1 Å². The van der Waals surface area contributed by atoms with E-state index in [2.05, 4.69) is 40.4 Å². The van der Waals surface area contributed by atoms with Gasteiger partial charge in [-0.1, -0.05) is 26.0 Å². The van der Waals surface area contributed by atoms with Crippen molar-refractivity contribution in [1.82, 2.24) is 9.80 Å². The van der Waals surface area contributed by atoms with Crippen molar-refractivity contribution in [2.24, 2.45) is 0 Å². The molecule has 0 aliphatic carbocycles. The van der Waals surface area contributed by atoms with Crippen molar-refractivity contribution < 1.29 is 4.39 Å². The van der Waals surface area contributed by atoms with Crippen molar-refractivity contribution >= 4 is 34.4 Å². The molecule has 0 aliphatic heterocycles. The zero-order valence-corrected chi connectivity index (χ0v) is 16.7. The molecule has 0 amide bonds. The second-order valence-electron chi connectivity index (χ2n) is 5.92. The molecule has 3 nitrogen and oxygen atoms in total. The molecule has 136 valence electrons. The van der Waals surface area contributed by atoms with Gasteiger partial charge in [0.1, 0.15) is 5.82 Å². The number of halogens is 1. The Hall–Kier alpha value is -1.50. The number of nitrogens with zero attached hydrogens (tertiary/aromatic N) is 2. The van der Waals surface area contributed by atoms with Crippen molar-refractivity contribution in [3.63, 3.8) is 0 Å². The topological polar surface area (TPSA) is 18.5 Å². The van der Waals surface area contributed by atoms with Crippen molar-refractivity contribution in [3.05, 3.63) is 52.0 Å². The van der Waals surface area contributed by atoms with Gasteiger partial charge in [0.05, 0.1) is 6.54 Å². The Morgan fingerprint density at radius 2 is 1.96 bits per heavy atom. The number of hydrogen-bond donors (Lipinski definition) is 1. The first-order valence-electron chi connectivity index (χ1n) is 8.60. The van der Waals surface area contributed by atoms with Gasteiger partial charge >= 0.3 is 0 Å². The first-order valence-corrected chi connectivity index (χ1v) is 9.89. The molecule has 0 aliphatic rings. The third-order valence-electron chi connectivity index (χ3n) is 4.22. The summed E-state index contributed by atoms with van der Waals surface area (Å²) in [6.45, 7) is 10.7. The Labute approximate surface area is 159 Å². The minimum atomic E-state index is -0.222. The van der Waals surface area contributed by atoms with Gasteiger partial charge in [0.2, 0.25) is 0 Å². The molecule has 2 aromatic rings. The quantitative estimate of drug-likeness (QED) is 0.668. The monoisotopic (exact) mass is 379 g/mol. The molecule has 0 saturated carbocycles. The molecule has 0 atom stereocenters. The van der Waals surface area contributed by atoms with Crippen LogP contribution < -0.4 is 5.32 Å². The number of anilines is 1. The number of aryl methyl sites for hydroxylation is 1. The highest BCUT2D eigenvalue weighted by molar-refractivity contribution is 7.80. The molecule has 0 bridgehead atoms. The zero-order valence-electron chi connectivity index (χ0n) is 15.1. The Kier molecular flexibility index (Phi) is 7.81. The molecular formula is C19H26FN3S2. The summed E-state index contributed by atoms with van der Waals surface area (Å²) in [6.07, 6.45) is 0. The van der Waals surface area contributed by atoms with Gasteiger partial charge in [0.25, 0.3) is 0 Å². The number of thiophene rings is 1. The average Bonchev–Trinajstić information content (AvgIpc) is 3.11. The maximum Gasteiger partial charge on any atom is 0.173 e. The van der Waals surface area contributed by atoms with E-state index in [1.165, 1.54) is 10.9 Å². The largest absolute Gasteiger partial charge is 0.343 e. The highest BCUT2D eigenvalue weighted by atomic mass is 32.1. The molecule has 6 heteroatoms. The van der Waals surface area contributed by atoms with E-state index in [1.807, 2.05) is 12.1 Å². The molecule has 1 heterocycles. The Balaban J connectivity index is 2.06. The summed E-state index contributed by atoms with van der Waals surface area (Å²) in [4.78, 5) is 5.78. The molecule has 0 unspecified atom stereocenters. The van der Waals surface area contributed by atoms with Crippen LogP contribution in [0.1, 0.15) is 24.3 Å². The SMILES string of the molecule is CCN(CC)CCN(Cc1cccs1)C(=S)Nc1ccc(C)c(F)c1. The first-order chi connectivity index (χ1) is 12.0. The molecule has 0 fully saturated rings. The molecule has 0 radical (unpaired) electrons. The summed E-state index contributed by atoms with van der Waals surface area (Å²) in [6, 6.07) is 9.28. The van der Waals surface area contributed by atoms with Crippen molar-refractivity contribution in [2.45, 2.75) is 27.3 Å². The van der Waals surface area contributed by atoms with Crippen LogP contribution in [0.3, 0.4) is 0 Å². The van der Waals surface area contributed by atoms with E-state index in [1.54, 1.807) is 24.3 Å². The minimum Gasteiger partial charge on any atom is -0.343 e. The molecule has 1 N–H and O–H groups in total. The fourth-order valence-electron chi connectivity index (χ4n) is 2.52. The standard InChI is InChI=1S/C19H26FN3S2/c1-4-22(5-2)10-11-23(14-17-7-6-12-25-17)19(24)21-16-9-8-15(3)18(20)13-16/h6-9,12-13H,4-5,10-11,14H2,1-3H3,(H,21,24). The van der Waals surface area contributed by atoms with E-state index in [9.17, 15) is 4.39 Å². The molecule has 25 heavy (non-hydrogen) atoms. The molecule has 1 aromatic heterocycles. The van der Waals surface area contributed by atoms with E-state index < -0.39 is 0 Å². The first kappa shape index (κ1) is 19.8. The highest BCUT2D eigenvalue weighted by Gasteiger charge is 2.13. The van der Waals surface area contributed by atoms with Crippen LogP contribution >= 0.6 is 23.6 Å². The normalized spacial score (nSPS) is 10.9. The summed E-state index contributed by atoms with van der Waals surface area (Å²) in [7, 11) is 0. The summed E-state index contributed by atoms with van der Waals surface area (Å²) in [5.74, 6) is -0.222. The lowest BCUT2D eigenvalue weighted by molar-refractivity contribution is 0.267. The fraction of sp³-hybridized carbons (Fsp3) is 0.421. The van der Waals surface area contributed by atoms with Crippen molar-refractivity contribution in [1.29, 1.82) is 0 Å². The van der Waals surface area contributed by atoms with Crippen LogP contribution in [0.2, 0.25) is 0 Å². The van der Waals surface area contributed by atoms with Gasteiger partial charge < -0.3 is 15.1 Å². The van der Waals surface area contributed by atoms with Crippen LogP contribution in [0.15, 0.2) is 35.7 Å².